The van der Waals surface area contributed by atoms with Crippen LogP contribution in [0.1, 0.15) is 45.1 Å². The lowest BCUT2D eigenvalue weighted by Crippen LogP contribution is -2.57. The number of rotatable bonds is 3. The monoisotopic (exact) mass is 274 g/mol. The van der Waals surface area contributed by atoms with Crippen LogP contribution >= 0.6 is 0 Å². The van der Waals surface area contributed by atoms with Gasteiger partial charge in [-0.3, -0.25) is 4.79 Å². The Bertz CT molecular complexity index is 468. The second-order valence-corrected chi connectivity index (χ2v) is 6.24. The van der Waals surface area contributed by atoms with Crippen molar-refractivity contribution in [2.24, 2.45) is 11.7 Å². The number of likely N-dealkylation sites (N-methyl/N-ethyl adjacent to an activating group) is 1. The first-order chi connectivity index (χ1) is 9.46. The van der Waals surface area contributed by atoms with Crippen molar-refractivity contribution < 1.29 is 4.79 Å². The molecule has 0 bridgehead atoms. The highest BCUT2D eigenvalue weighted by atomic mass is 16.2. The van der Waals surface area contributed by atoms with Gasteiger partial charge in [-0.2, -0.15) is 0 Å². The summed E-state index contributed by atoms with van der Waals surface area (Å²) in [6, 6.07) is 8.09. The molecule has 1 aromatic rings. The third kappa shape index (κ3) is 3.04. The fourth-order valence-corrected chi connectivity index (χ4v) is 3.22. The molecule has 1 aliphatic rings. The molecule has 1 aliphatic carbocycles. The van der Waals surface area contributed by atoms with Crippen molar-refractivity contribution in [2.75, 3.05) is 11.4 Å². The largest absolute Gasteiger partial charge is 0.317 e. The van der Waals surface area contributed by atoms with Gasteiger partial charge in [0.15, 0.2) is 0 Å². The summed E-state index contributed by atoms with van der Waals surface area (Å²) in [4.78, 5) is 14.7. The van der Waals surface area contributed by atoms with Crippen LogP contribution in [-0.4, -0.2) is 18.0 Å². The van der Waals surface area contributed by atoms with Crippen molar-refractivity contribution in [1.29, 1.82) is 0 Å². The Labute approximate surface area is 122 Å². The summed E-state index contributed by atoms with van der Waals surface area (Å²) < 4.78 is 0. The fraction of sp³-hybridized carbons (Fsp3) is 0.588. The first kappa shape index (κ1) is 15.0. The Kier molecular flexibility index (Phi) is 4.48. The Morgan fingerprint density at radius 1 is 1.40 bits per heavy atom. The molecular weight excluding hydrogens is 248 g/mol. The lowest BCUT2D eigenvalue weighted by Gasteiger charge is -2.39. The Balaban J connectivity index is 2.22. The summed E-state index contributed by atoms with van der Waals surface area (Å²) in [5, 5.41) is 0. The van der Waals surface area contributed by atoms with Crippen LogP contribution in [0, 0.1) is 12.8 Å². The van der Waals surface area contributed by atoms with E-state index in [2.05, 4.69) is 13.8 Å². The van der Waals surface area contributed by atoms with Gasteiger partial charge < -0.3 is 10.6 Å². The topological polar surface area (TPSA) is 46.3 Å². The number of amides is 1. The standard InChI is InChI=1S/C17H26N2O/c1-4-19(15-9-7-13(2)8-10-15)16(20)17(18)11-5-6-14(3)12-17/h7-10,14H,4-6,11-12,18H2,1-3H3. The van der Waals surface area contributed by atoms with E-state index in [0.29, 0.717) is 12.5 Å². The van der Waals surface area contributed by atoms with Crippen LogP contribution in [0.4, 0.5) is 5.69 Å². The van der Waals surface area contributed by atoms with E-state index in [1.165, 1.54) is 12.0 Å². The van der Waals surface area contributed by atoms with E-state index in [9.17, 15) is 4.79 Å². The maximum absolute atomic E-state index is 12.9. The van der Waals surface area contributed by atoms with Crippen LogP contribution in [0.25, 0.3) is 0 Å². The summed E-state index contributed by atoms with van der Waals surface area (Å²) in [5.41, 5.74) is 7.91. The van der Waals surface area contributed by atoms with Crippen LogP contribution in [0.3, 0.4) is 0 Å². The second kappa shape index (κ2) is 5.96. The quantitative estimate of drug-likeness (QED) is 0.919. The molecule has 0 aromatic heterocycles. The molecule has 0 heterocycles. The van der Waals surface area contributed by atoms with Gasteiger partial charge in [0, 0.05) is 12.2 Å². The van der Waals surface area contributed by atoms with Crippen LogP contribution in [0.2, 0.25) is 0 Å². The summed E-state index contributed by atoms with van der Waals surface area (Å²) in [6.07, 6.45) is 3.84. The predicted molar refractivity (Wildman–Crippen MR) is 83.8 cm³/mol. The summed E-state index contributed by atoms with van der Waals surface area (Å²) >= 11 is 0. The Morgan fingerprint density at radius 3 is 2.60 bits per heavy atom. The van der Waals surface area contributed by atoms with E-state index in [4.69, 9.17) is 5.73 Å². The molecule has 110 valence electrons. The number of aryl methyl sites for hydroxylation is 1. The van der Waals surface area contributed by atoms with Crippen molar-refractivity contribution >= 4 is 11.6 Å². The minimum Gasteiger partial charge on any atom is -0.317 e. The maximum atomic E-state index is 12.9. The molecule has 2 N–H and O–H groups in total. The highest BCUT2D eigenvalue weighted by Crippen LogP contribution is 2.33. The van der Waals surface area contributed by atoms with Crippen molar-refractivity contribution in [3.63, 3.8) is 0 Å². The lowest BCUT2D eigenvalue weighted by molar-refractivity contribution is -0.125. The molecule has 0 spiro atoms. The molecule has 0 aliphatic heterocycles. The average molecular weight is 274 g/mol. The number of carbonyl (C=O) groups excluding carboxylic acids is 1. The van der Waals surface area contributed by atoms with Crippen LogP contribution in [0.5, 0.6) is 0 Å². The SMILES string of the molecule is CCN(C(=O)C1(N)CCCC(C)C1)c1ccc(C)cc1. The second-order valence-electron chi connectivity index (χ2n) is 6.24. The minimum absolute atomic E-state index is 0.0791. The van der Waals surface area contributed by atoms with Crippen molar-refractivity contribution in [3.05, 3.63) is 29.8 Å². The summed E-state index contributed by atoms with van der Waals surface area (Å²) in [7, 11) is 0. The number of carbonyl (C=O) groups is 1. The first-order valence-corrected chi connectivity index (χ1v) is 7.64. The smallest absolute Gasteiger partial charge is 0.247 e. The fourth-order valence-electron chi connectivity index (χ4n) is 3.22. The van der Waals surface area contributed by atoms with Gasteiger partial charge >= 0.3 is 0 Å². The van der Waals surface area contributed by atoms with Gasteiger partial charge in [0.2, 0.25) is 5.91 Å². The van der Waals surface area contributed by atoms with Gasteiger partial charge in [-0.15, -0.1) is 0 Å². The van der Waals surface area contributed by atoms with Gasteiger partial charge in [0.05, 0.1) is 5.54 Å². The number of hydrogen-bond acceptors (Lipinski definition) is 2. The normalized spacial score (nSPS) is 26.3. The number of benzene rings is 1. The molecule has 2 atom stereocenters. The van der Waals surface area contributed by atoms with Gasteiger partial charge in [0.1, 0.15) is 0 Å². The average Bonchev–Trinajstić information content (AvgIpc) is 2.41. The molecule has 0 radical (unpaired) electrons. The highest BCUT2D eigenvalue weighted by molar-refractivity contribution is 6.00. The zero-order chi connectivity index (χ0) is 14.8. The van der Waals surface area contributed by atoms with E-state index < -0.39 is 5.54 Å². The third-order valence-corrected chi connectivity index (χ3v) is 4.37. The molecule has 1 amide bonds. The molecule has 1 aromatic carbocycles. The molecule has 1 saturated carbocycles. The highest BCUT2D eigenvalue weighted by Gasteiger charge is 2.40. The van der Waals surface area contributed by atoms with E-state index in [-0.39, 0.29) is 5.91 Å². The van der Waals surface area contributed by atoms with Crippen molar-refractivity contribution in [1.82, 2.24) is 0 Å². The molecule has 2 unspecified atom stereocenters. The molecule has 3 heteroatoms. The van der Waals surface area contributed by atoms with E-state index in [1.807, 2.05) is 36.1 Å². The van der Waals surface area contributed by atoms with Crippen molar-refractivity contribution in [3.8, 4) is 0 Å². The molecular formula is C17H26N2O. The van der Waals surface area contributed by atoms with Gasteiger partial charge in [-0.05, 0) is 44.7 Å². The van der Waals surface area contributed by atoms with E-state index in [1.54, 1.807) is 0 Å². The number of nitrogens with two attached hydrogens (primary N) is 1. The van der Waals surface area contributed by atoms with E-state index in [0.717, 1.165) is 24.9 Å². The predicted octanol–water partition coefficient (Wildman–Crippen LogP) is 3.26. The maximum Gasteiger partial charge on any atom is 0.247 e. The van der Waals surface area contributed by atoms with Gasteiger partial charge in [-0.25, -0.2) is 0 Å². The molecule has 20 heavy (non-hydrogen) atoms. The van der Waals surface area contributed by atoms with Crippen LogP contribution in [0.15, 0.2) is 24.3 Å². The number of anilines is 1. The molecule has 2 rings (SSSR count). The lowest BCUT2D eigenvalue weighted by atomic mass is 9.76. The molecule has 3 nitrogen and oxygen atoms in total. The Hall–Kier alpha value is -1.35. The van der Waals surface area contributed by atoms with Gasteiger partial charge in [-0.1, -0.05) is 37.5 Å². The summed E-state index contributed by atoms with van der Waals surface area (Å²) in [6.45, 7) is 6.91. The Morgan fingerprint density at radius 2 is 2.05 bits per heavy atom. The first-order valence-electron chi connectivity index (χ1n) is 7.64. The van der Waals surface area contributed by atoms with Crippen molar-refractivity contribution in [2.45, 2.75) is 52.0 Å². The zero-order valence-corrected chi connectivity index (χ0v) is 12.9. The third-order valence-electron chi connectivity index (χ3n) is 4.37. The summed E-state index contributed by atoms with van der Waals surface area (Å²) in [5.74, 6) is 0.616. The van der Waals surface area contributed by atoms with E-state index >= 15 is 0 Å². The number of nitrogens with zero attached hydrogens (tertiary/aromatic N) is 1. The van der Waals surface area contributed by atoms with Gasteiger partial charge in [0.25, 0.3) is 0 Å². The van der Waals surface area contributed by atoms with Crippen LogP contribution < -0.4 is 10.6 Å². The zero-order valence-electron chi connectivity index (χ0n) is 12.9. The number of hydrogen-bond donors (Lipinski definition) is 1. The molecule has 0 saturated heterocycles. The molecule has 1 fully saturated rings. The van der Waals surface area contributed by atoms with Crippen LogP contribution in [-0.2, 0) is 4.79 Å². The minimum atomic E-state index is -0.682.